The van der Waals surface area contributed by atoms with Crippen LogP contribution in [0.1, 0.15) is 22.9 Å². The van der Waals surface area contributed by atoms with E-state index in [-0.39, 0.29) is 5.56 Å². The van der Waals surface area contributed by atoms with Gasteiger partial charge in [0.2, 0.25) is 0 Å². The highest BCUT2D eigenvalue weighted by Crippen LogP contribution is 2.28. The number of halogens is 1. The van der Waals surface area contributed by atoms with E-state index in [1.54, 1.807) is 71.5 Å². The molecular weight excluding hydrogens is 481 g/mol. The first-order valence-corrected chi connectivity index (χ1v) is 11.9. The lowest BCUT2D eigenvalue weighted by atomic mass is 10.0. The largest absolute Gasteiger partial charge is 0.478 e. The lowest BCUT2D eigenvalue weighted by molar-refractivity contribution is -0.131. The normalized spacial score (nSPS) is 12.4. The molecule has 4 aromatic carbocycles. The van der Waals surface area contributed by atoms with Gasteiger partial charge in [-0.05, 0) is 65.2 Å². The molecule has 5 rings (SSSR count). The van der Waals surface area contributed by atoms with Crippen LogP contribution in [0.25, 0.3) is 28.1 Å². The van der Waals surface area contributed by atoms with Gasteiger partial charge in [0, 0.05) is 35.3 Å². The number of hydrogen-bond acceptors (Lipinski definition) is 3. The van der Waals surface area contributed by atoms with Crippen LogP contribution in [0.2, 0.25) is 0 Å². The third-order valence-electron chi connectivity index (χ3n) is 6.15. The maximum absolute atomic E-state index is 15.6. The number of hydrogen-bond donors (Lipinski definition) is 1. The molecule has 1 N–H and O–H groups in total. The number of carboxylic acids is 1. The standard InChI is InChI=1S/C31H24FN3O3/c1-34-29-14-13-23(17-26(29)19-33-34)24-11-12-25(28(32)18-24)20-35(31(38)22-7-3-2-4-8-22)27-9-5-6-21(16-27)10-15-30(36)37/h2-19H,20H2,1H3,(H,36,37)/b15-10+/i20D. The number of carboxylic acid groups (broad SMARTS) is 1. The summed E-state index contributed by atoms with van der Waals surface area (Å²) in [7, 11) is 1.85. The van der Waals surface area contributed by atoms with Crippen LogP contribution in [0.3, 0.4) is 0 Å². The highest BCUT2D eigenvalue weighted by Gasteiger charge is 2.20. The average Bonchev–Trinajstić information content (AvgIpc) is 3.32. The molecule has 1 unspecified atom stereocenters. The summed E-state index contributed by atoms with van der Waals surface area (Å²) < 4.78 is 26.3. The number of aryl methyl sites for hydroxylation is 1. The van der Waals surface area contributed by atoms with E-state index in [4.69, 9.17) is 6.48 Å². The number of aliphatic carboxylic acids is 1. The van der Waals surface area contributed by atoms with Crippen molar-refractivity contribution in [3.05, 3.63) is 126 Å². The summed E-state index contributed by atoms with van der Waals surface area (Å²) in [5, 5.41) is 14.2. The van der Waals surface area contributed by atoms with E-state index in [1.165, 1.54) is 23.1 Å². The minimum atomic E-state index is -1.41. The van der Waals surface area contributed by atoms with Gasteiger partial charge in [0.15, 0.2) is 0 Å². The number of amides is 1. The molecule has 1 aromatic heterocycles. The number of benzene rings is 4. The first-order chi connectivity index (χ1) is 18.8. The number of nitrogens with zero attached hydrogens (tertiary/aromatic N) is 3. The molecule has 0 spiro atoms. The van der Waals surface area contributed by atoms with Gasteiger partial charge in [-0.2, -0.15) is 5.10 Å². The summed E-state index contributed by atoms with van der Waals surface area (Å²) in [6, 6.07) is 25.4. The number of carbonyl (C=O) groups is 2. The molecule has 6 nitrogen and oxygen atoms in total. The van der Waals surface area contributed by atoms with Crippen molar-refractivity contribution in [2.75, 3.05) is 4.90 Å². The Morgan fingerprint density at radius 3 is 2.53 bits per heavy atom. The van der Waals surface area contributed by atoms with Gasteiger partial charge < -0.3 is 10.0 Å². The molecule has 0 aliphatic carbocycles. The average molecular weight is 507 g/mol. The van der Waals surface area contributed by atoms with Crippen molar-refractivity contribution in [3.63, 3.8) is 0 Å². The number of aromatic nitrogens is 2. The Morgan fingerprint density at radius 1 is 1.00 bits per heavy atom. The zero-order chi connectivity index (χ0) is 27.5. The maximum Gasteiger partial charge on any atom is 0.328 e. The van der Waals surface area contributed by atoms with E-state index in [2.05, 4.69) is 5.10 Å². The first kappa shape index (κ1) is 23.4. The van der Waals surface area contributed by atoms with Gasteiger partial charge in [0.1, 0.15) is 5.82 Å². The fraction of sp³-hybridized carbons (Fsp3) is 0.0645. The summed E-state index contributed by atoms with van der Waals surface area (Å²) in [6.45, 7) is -1.41. The van der Waals surface area contributed by atoms with Crippen LogP contribution in [0.15, 0.2) is 103 Å². The molecule has 0 radical (unpaired) electrons. The number of anilines is 1. The van der Waals surface area contributed by atoms with Crippen molar-refractivity contribution in [2.45, 2.75) is 6.52 Å². The Morgan fingerprint density at radius 2 is 1.76 bits per heavy atom. The molecule has 0 aliphatic heterocycles. The van der Waals surface area contributed by atoms with Crippen molar-refractivity contribution in [1.29, 1.82) is 0 Å². The molecular formula is C31H24FN3O3. The summed E-state index contributed by atoms with van der Waals surface area (Å²) in [6.07, 6.45) is 4.13. The molecule has 38 heavy (non-hydrogen) atoms. The molecule has 0 fully saturated rings. The second-order valence-corrected chi connectivity index (χ2v) is 8.71. The topological polar surface area (TPSA) is 75.4 Å². The van der Waals surface area contributed by atoms with Crippen molar-refractivity contribution < 1.29 is 20.5 Å². The van der Waals surface area contributed by atoms with E-state index < -0.39 is 24.2 Å². The van der Waals surface area contributed by atoms with Crippen molar-refractivity contribution >= 4 is 34.5 Å². The van der Waals surface area contributed by atoms with Gasteiger partial charge in [0.05, 0.1) is 19.6 Å². The van der Waals surface area contributed by atoms with Gasteiger partial charge in [-0.25, -0.2) is 9.18 Å². The van der Waals surface area contributed by atoms with Crippen LogP contribution < -0.4 is 4.90 Å². The molecule has 0 aliphatic rings. The summed E-state index contributed by atoms with van der Waals surface area (Å²) >= 11 is 0. The van der Waals surface area contributed by atoms with Crippen LogP contribution in [-0.4, -0.2) is 26.8 Å². The molecule has 0 saturated heterocycles. The first-order valence-electron chi connectivity index (χ1n) is 12.4. The lowest BCUT2D eigenvalue weighted by Crippen LogP contribution is -2.30. The van der Waals surface area contributed by atoms with Crippen LogP contribution in [0.4, 0.5) is 10.1 Å². The second-order valence-electron chi connectivity index (χ2n) is 8.71. The Bertz CT molecular complexity index is 1720. The van der Waals surface area contributed by atoms with Gasteiger partial charge in [-0.1, -0.05) is 48.5 Å². The molecule has 0 saturated carbocycles. The predicted octanol–water partition coefficient (Wildman–Crippen LogP) is 6.32. The molecule has 1 atom stereocenters. The highest BCUT2D eigenvalue weighted by molar-refractivity contribution is 6.06. The van der Waals surface area contributed by atoms with E-state index in [1.807, 2.05) is 25.2 Å². The molecule has 5 aromatic rings. The summed E-state index contributed by atoms with van der Waals surface area (Å²) in [5.41, 5.74) is 3.61. The smallest absolute Gasteiger partial charge is 0.328 e. The van der Waals surface area contributed by atoms with Crippen LogP contribution >= 0.6 is 0 Å². The van der Waals surface area contributed by atoms with Crippen LogP contribution in [0, 0.1) is 5.82 Å². The van der Waals surface area contributed by atoms with E-state index in [0.717, 1.165) is 22.5 Å². The Labute approximate surface area is 220 Å². The van der Waals surface area contributed by atoms with Crippen LogP contribution in [0.5, 0.6) is 0 Å². The Hall–Kier alpha value is -5.04. The van der Waals surface area contributed by atoms with Gasteiger partial charge >= 0.3 is 5.97 Å². The highest BCUT2D eigenvalue weighted by atomic mass is 19.1. The second kappa shape index (κ2) is 10.5. The molecule has 0 bridgehead atoms. The zero-order valence-electron chi connectivity index (χ0n) is 21.5. The molecule has 1 amide bonds. The summed E-state index contributed by atoms with van der Waals surface area (Å²) in [4.78, 5) is 25.8. The quantitative estimate of drug-likeness (QED) is 0.262. The third kappa shape index (κ3) is 5.22. The number of rotatable bonds is 7. The minimum Gasteiger partial charge on any atom is -0.478 e. The van der Waals surface area contributed by atoms with Gasteiger partial charge in [-0.3, -0.25) is 9.48 Å². The monoisotopic (exact) mass is 506 g/mol. The minimum absolute atomic E-state index is 0.0250. The predicted molar refractivity (Wildman–Crippen MR) is 146 cm³/mol. The van der Waals surface area contributed by atoms with Crippen molar-refractivity contribution in [1.82, 2.24) is 9.78 Å². The number of carbonyl (C=O) groups excluding carboxylic acids is 1. The van der Waals surface area contributed by atoms with Crippen molar-refractivity contribution in [2.24, 2.45) is 7.05 Å². The van der Waals surface area contributed by atoms with Crippen LogP contribution in [-0.2, 0) is 18.4 Å². The Kier molecular flexibility index (Phi) is 6.47. The van der Waals surface area contributed by atoms with Gasteiger partial charge in [-0.15, -0.1) is 0 Å². The maximum atomic E-state index is 15.6. The third-order valence-corrected chi connectivity index (χ3v) is 6.15. The fourth-order valence-electron chi connectivity index (χ4n) is 4.21. The van der Waals surface area contributed by atoms with E-state index >= 15 is 4.39 Å². The number of fused-ring (bicyclic) bond motifs is 1. The van der Waals surface area contributed by atoms with E-state index in [0.29, 0.717) is 22.4 Å². The SMILES string of the molecule is [2H]C(c1ccc(-c2ccc3c(cnn3C)c2)cc1F)N(C(=O)c1ccccc1)c1cccc(/C=C/C(=O)O)c1. The molecule has 1 heterocycles. The molecule has 188 valence electrons. The van der Waals surface area contributed by atoms with Gasteiger partial charge in [0.25, 0.3) is 5.91 Å². The fourth-order valence-corrected chi connectivity index (χ4v) is 4.21. The van der Waals surface area contributed by atoms with Crippen molar-refractivity contribution in [3.8, 4) is 11.1 Å². The van der Waals surface area contributed by atoms with E-state index in [9.17, 15) is 9.59 Å². The lowest BCUT2D eigenvalue weighted by Gasteiger charge is -2.24. The summed E-state index contributed by atoms with van der Waals surface area (Å²) in [5.74, 6) is -2.21. The Balaban J connectivity index is 1.54. The molecule has 7 heteroatoms. The zero-order valence-corrected chi connectivity index (χ0v) is 20.5.